The molecule has 1 aliphatic rings. The Hall–Kier alpha value is -2.37. The number of hydrogen-bond donors (Lipinski definition) is 2. The molecule has 2 aromatic rings. The zero-order valence-corrected chi connectivity index (χ0v) is 13.7. The van der Waals surface area contributed by atoms with Crippen LogP contribution in [0, 0.1) is 0 Å². The number of methoxy groups -OCH3 is 1. The topological polar surface area (TPSA) is 61.8 Å². The Morgan fingerprint density at radius 1 is 1.17 bits per heavy atom. The fourth-order valence-corrected chi connectivity index (χ4v) is 3.01. The van der Waals surface area contributed by atoms with Gasteiger partial charge in [-0.3, -0.25) is 4.90 Å². The van der Waals surface area contributed by atoms with E-state index in [1.54, 1.807) is 12.1 Å². The predicted octanol–water partition coefficient (Wildman–Crippen LogP) is 2.13. The van der Waals surface area contributed by atoms with E-state index in [4.69, 9.17) is 4.74 Å². The van der Waals surface area contributed by atoms with Crippen molar-refractivity contribution in [1.29, 1.82) is 0 Å². The highest BCUT2D eigenvalue weighted by molar-refractivity contribution is 5.89. The highest BCUT2D eigenvalue weighted by atomic mass is 16.5. The SMILES string of the molecule is COC(=O)c1ccc(NC2CN(Cc3ccccc3)CC2O)cc1. The molecule has 126 valence electrons. The quantitative estimate of drug-likeness (QED) is 0.824. The van der Waals surface area contributed by atoms with Crippen molar-refractivity contribution in [2.45, 2.75) is 18.7 Å². The van der Waals surface area contributed by atoms with Crippen LogP contribution in [0.25, 0.3) is 0 Å². The number of nitrogens with zero attached hydrogens (tertiary/aromatic N) is 1. The van der Waals surface area contributed by atoms with E-state index >= 15 is 0 Å². The Morgan fingerprint density at radius 3 is 2.54 bits per heavy atom. The van der Waals surface area contributed by atoms with Crippen molar-refractivity contribution in [2.24, 2.45) is 0 Å². The Kier molecular flexibility index (Phi) is 5.13. The molecule has 5 nitrogen and oxygen atoms in total. The van der Waals surface area contributed by atoms with Gasteiger partial charge in [-0.05, 0) is 29.8 Å². The van der Waals surface area contributed by atoms with Gasteiger partial charge in [0.2, 0.25) is 0 Å². The molecule has 3 rings (SSSR count). The molecular weight excluding hydrogens is 304 g/mol. The van der Waals surface area contributed by atoms with Crippen LogP contribution in [0.4, 0.5) is 5.69 Å². The van der Waals surface area contributed by atoms with Gasteiger partial charge in [-0.2, -0.15) is 0 Å². The number of esters is 1. The average molecular weight is 326 g/mol. The van der Waals surface area contributed by atoms with E-state index in [1.165, 1.54) is 12.7 Å². The first kappa shape index (κ1) is 16.5. The lowest BCUT2D eigenvalue weighted by Crippen LogP contribution is -2.32. The zero-order chi connectivity index (χ0) is 16.9. The molecule has 24 heavy (non-hydrogen) atoms. The number of anilines is 1. The van der Waals surface area contributed by atoms with Gasteiger partial charge < -0.3 is 15.2 Å². The van der Waals surface area contributed by atoms with Crippen molar-refractivity contribution in [3.8, 4) is 0 Å². The van der Waals surface area contributed by atoms with Crippen LogP contribution < -0.4 is 5.32 Å². The number of aliphatic hydroxyl groups is 1. The van der Waals surface area contributed by atoms with Gasteiger partial charge in [0.15, 0.2) is 0 Å². The van der Waals surface area contributed by atoms with Gasteiger partial charge >= 0.3 is 5.97 Å². The molecule has 2 N–H and O–H groups in total. The summed E-state index contributed by atoms with van der Waals surface area (Å²) >= 11 is 0. The fourth-order valence-electron chi connectivity index (χ4n) is 3.01. The number of likely N-dealkylation sites (tertiary alicyclic amines) is 1. The first-order valence-corrected chi connectivity index (χ1v) is 8.05. The van der Waals surface area contributed by atoms with Gasteiger partial charge in [0.1, 0.15) is 0 Å². The first-order chi connectivity index (χ1) is 11.7. The third-order valence-corrected chi connectivity index (χ3v) is 4.27. The molecule has 0 aliphatic carbocycles. The molecule has 1 aliphatic heterocycles. The van der Waals surface area contributed by atoms with Gasteiger partial charge in [-0.25, -0.2) is 4.79 Å². The lowest BCUT2D eigenvalue weighted by molar-refractivity contribution is 0.0600. The molecule has 0 bridgehead atoms. The summed E-state index contributed by atoms with van der Waals surface area (Å²) in [5, 5.41) is 13.6. The molecule has 1 heterocycles. The number of ether oxygens (including phenoxy) is 1. The van der Waals surface area contributed by atoms with Crippen LogP contribution in [0.5, 0.6) is 0 Å². The maximum absolute atomic E-state index is 11.4. The summed E-state index contributed by atoms with van der Waals surface area (Å²) in [6, 6.07) is 17.3. The van der Waals surface area contributed by atoms with E-state index in [0.717, 1.165) is 18.8 Å². The van der Waals surface area contributed by atoms with E-state index in [2.05, 4.69) is 22.3 Å². The second-order valence-corrected chi connectivity index (χ2v) is 6.07. The van der Waals surface area contributed by atoms with E-state index in [0.29, 0.717) is 12.1 Å². The largest absolute Gasteiger partial charge is 0.465 e. The number of β-amino-alcohol motifs (C(OH)–C–C–N with tert-alkyl or cyclic N) is 1. The number of aliphatic hydroxyl groups excluding tert-OH is 1. The Balaban J connectivity index is 1.58. The average Bonchev–Trinajstić information content (AvgIpc) is 2.95. The van der Waals surface area contributed by atoms with Crippen LogP contribution in [0.1, 0.15) is 15.9 Å². The van der Waals surface area contributed by atoms with Crippen molar-refractivity contribution < 1.29 is 14.6 Å². The van der Waals surface area contributed by atoms with Crippen LogP contribution in [0.2, 0.25) is 0 Å². The summed E-state index contributed by atoms with van der Waals surface area (Å²) in [6.07, 6.45) is -0.422. The lowest BCUT2D eigenvalue weighted by atomic mass is 10.1. The predicted molar refractivity (Wildman–Crippen MR) is 92.9 cm³/mol. The van der Waals surface area contributed by atoms with Gasteiger partial charge in [0.05, 0.1) is 24.8 Å². The van der Waals surface area contributed by atoms with Crippen molar-refractivity contribution in [3.63, 3.8) is 0 Å². The molecule has 2 atom stereocenters. The molecule has 2 aromatic carbocycles. The fraction of sp³-hybridized carbons (Fsp3) is 0.316. The number of carbonyl (C=O) groups excluding carboxylic acids is 1. The van der Waals surface area contributed by atoms with E-state index in [9.17, 15) is 9.90 Å². The standard InChI is InChI=1S/C19H22N2O3/c1-24-19(23)15-7-9-16(10-8-15)20-17-12-21(13-18(17)22)11-14-5-3-2-4-6-14/h2-10,17-18,20,22H,11-13H2,1H3. The zero-order valence-electron chi connectivity index (χ0n) is 13.7. The summed E-state index contributed by atoms with van der Waals surface area (Å²) in [5.41, 5.74) is 2.64. The number of nitrogens with one attached hydrogen (secondary N) is 1. The minimum atomic E-state index is -0.422. The van der Waals surface area contributed by atoms with Crippen molar-refractivity contribution in [3.05, 3.63) is 65.7 Å². The molecule has 2 unspecified atom stereocenters. The normalized spacial score (nSPS) is 20.8. The minimum Gasteiger partial charge on any atom is -0.465 e. The molecule has 1 fully saturated rings. The van der Waals surface area contributed by atoms with Crippen molar-refractivity contribution >= 4 is 11.7 Å². The summed E-state index contributed by atoms with van der Waals surface area (Å²) in [7, 11) is 1.37. The van der Waals surface area contributed by atoms with Crippen molar-refractivity contribution in [2.75, 3.05) is 25.5 Å². The molecular formula is C19H22N2O3. The second kappa shape index (κ2) is 7.47. The Bertz CT molecular complexity index is 673. The minimum absolute atomic E-state index is 0.0299. The molecule has 0 amide bonds. The molecule has 1 saturated heterocycles. The van der Waals surface area contributed by atoms with Gasteiger partial charge in [-0.1, -0.05) is 30.3 Å². The van der Waals surface area contributed by atoms with Crippen LogP contribution in [0.3, 0.4) is 0 Å². The monoisotopic (exact) mass is 326 g/mol. The third-order valence-electron chi connectivity index (χ3n) is 4.27. The van der Waals surface area contributed by atoms with Gasteiger partial charge in [0.25, 0.3) is 0 Å². The van der Waals surface area contributed by atoms with E-state index in [-0.39, 0.29) is 12.0 Å². The number of carbonyl (C=O) groups is 1. The highest BCUT2D eigenvalue weighted by Crippen LogP contribution is 2.19. The maximum atomic E-state index is 11.4. The molecule has 0 radical (unpaired) electrons. The van der Waals surface area contributed by atoms with E-state index < -0.39 is 6.10 Å². The maximum Gasteiger partial charge on any atom is 0.337 e. The van der Waals surface area contributed by atoms with Crippen LogP contribution in [0.15, 0.2) is 54.6 Å². The number of benzene rings is 2. The second-order valence-electron chi connectivity index (χ2n) is 6.07. The summed E-state index contributed by atoms with van der Waals surface area (Å²) < 4.78 is 4.69. The highest BCUT2D eigenvalue weighted by Gasteiger charge is 2.31. The van der Waals surface area contributed by atoms with Crippen LogP contribution in [-0.2, 0) is 11.3 Å². The molecule has 5 heteroatoms. The summed E-state index contributed by atoms with van der Waals surface area (Å²) in [6.45, 7) is 2.25. The van der Waals surface area contributed by atoms with Crippen molar-refractivity contribution in [1.82, 2.24) is 4.90 Å². The van der Waals surface area contributed by atoms with E-state index in [1.807, 2.05) is 30.3 Å². The summed E-state index contributed by atoms with van der Waals surface area (Å²) in [4.78, 5) is 13.7. The molecule has 0 aromatic heterocycles. The number of hydrogen-bond acceptors (Lipinski definition) is 5. The third kappa shape index (κ3) is 3.93. The molecule has 0 spiro atoms. The van der Waals surface area contributed by atoms with Crippen LogP contribution in [-0.4, -0.2) is 48.3 Å². The lowest BCUT2D eigenvalue weighted by Gasteiger charge is -2.18. The molecule has 0 saturated carbocycles. The van der Waals surface area contributed by atoms with Crippen LogP contribution >= 0.6 is 0 Å². The smallest absolute Gasteiger partial charge is 0.337 e. The Labute approximate surface area is 141 Å². The summed E-state index contributed by atoms with van der Waals surface area (Å²) in [5.74, 6) is -0.350. The first-order valence-electron chi connectivity index (χ1n) is 8.05. The van der Waals surface area contributed by atoms with Gasteiger partial charge in [0, 0.05) is 25.3 Å². The van der Waals surface area contributed by atoms with Gasteiger partial charge in [-0.15, -0.1) is 0 Å². The number of rotatable bonds is 5. The Morgan fingerprint density at radius 2 is 1.88 bits per heavy atom.